The Hall–Kier alpha value is -2.47. The predicted molar refractivity (Wildman–Crippen MR) is 80.0 cm³/mol. The van der Waals surface area contributed by atoms with Crippen LogP contribution < -0.4 is 4.74 Å². The lowest BCUT2D eigenvalue weighted by Crippen LogP contribution is -2.02. The van der Waals surface area contributed by atoms with Crippen molar-refractivity contribution in [1.29, 1.82) is 0 Å². The molecular weight excluding hydrogens is 288 g/mol. The summed E-state index contributed by atoms with van der Waals surface area (Å²) < 4.78 is 5.83. The molecule has 6 heteroatoms. The van der Waals surface area contributed by atoms with Crippen molar-refractivity contribution in [2.75, 3.05) is 0 Å². The molecule has 3 rings (SSSR count). The summed E-state index contributed by atoms with van der Waals surface area (Å²) in [4.78, 5) is 21.3. The largest absolute Gasteiger partial charge is 0.481 e. The summed E-state index contributed by atoms with van der Waals surface area (Å²) >= 11 is 1.57. The summed E-state index contributed by atoms with van der Waals surface area (Å²) in [5, 5.41) is 9.79. The van der Waals surface area contributed by atoms with Gasteiger partial charge >= 0.3 is 5.97 Å². The van der Waals surface area contributed by atoms with Gasteiger partial charge < -0.3 is 9.84 Å². The number of ether oxygens (including phenoxy) is 1. The fourth-order valence-corrected chi connectivity index (χ4v) is 2.89. The number of nitrogens with zero attached hydrogens (tertiary/aromatic N) is 2. The number of thiophene rings is 1. The zero-order chi connectivity index (χ0) is 14.8. The molecule has 0 amide bonds. The molecule has 106 valence electrons. The molecule has 0 spiro atoms. The van der Waals surface area contributed by atoms with Crippen molar-refractivity contribution < 1.29 is 14.6 Å². The lowest BCUT2D eigenvalue weighted by molar-refractivity contribution is -0.136. The van der Waals surface area contributed by atoms with Crippen molar-refractivity contribution in [3.05, 3.63) is 47.1 Å². The van der Waals surface area contributed by atoms with E-state index >= 15 is 0 Å². The normalized spacial score (nSPS) is 10.7. The highest BCUT2D eigenvalue weighted by molar-refractivity contribution is 7.18. The van der Waals surface area contributed by atoms with E-state index in [9.17, 15) is 4.79 Å². The second-order valence-electron chi connectivity index (χ2n) is 4.53. The number of hydrogen-bond donors (Lipinski definition) is 1. The van der Waals surface area contributed by atoms with Crippen LogP contribution in [0.3, 0.4) is 0 Å². The molecule has 0 radical (unpaired) electrons. The number of carbonyl (C=O) groups is 1. The van der Waals surface area contributed by atoms with Crippen molar-refractivity contribution in [2.45, 2.75) is 13.3 Å². The molecule has 3 aromatic rings. The van der Waals surface area contributed by atoms with Gasteiger partial charge in [-0.1, -0.05) is 18.2 Å². The third-order valence-corrected chi connectivity index (χ3v) is 3.90. The summed E-state index contributed by atoms with van der Waals surface area (Å²) in [5.41, 5.74) is 0.615. The van der Waals surface area contributed by atoms with Crippen LogP contribution in [0.25, 0.3) is 10.2 Å². The summed E-state index contributed by atoms with van der Waals surface area (Å²) in [7, 11) is 0. The molecule has 0 bridgehead atoms. The number of rotatable bonds is 4. The Morgan fingerprint density at radius 1 is 1.33 bits per heavy atom. The molecule has 0 aliphatic rings. The molecule has 0 fully saturated rings. The number of aromatic nitrogens is 2. The van der Waals surface area contributed by atoms with Crippen molar-refractivity contribution in [3.63, 3.8) is 0 Å². The number of hydrogen-bond acceptors (Lipinski definition) is 5. The molecule has 0 atom stereocenters. The van der Waals surface area contributed by atoms with E-state index in [0.29, 0.717) is 17.2 Å². The number of aryl methyl sites for hydroxylation is 1. The van der Waals surface area contributed by atoms with Crippen molar-refractivity contribution in [3.8, 4) is 11.6 Å². The third-order valence-electron chi connectivity index (χ3n) is 2.94. The second-order valence-corrected chi connectivity index (χ2v) is 5.77. The van der Waals surface area contributed by atoms with Gasteiger partial charge in [0.2, 0.25) is 5.88 Å². The third kappa shape index (κ3) is 2.85. The highest BCUT2D eigenvalue weighted by Crippen LogP contribution is 2.32. The number of aliphatic carboxylic acids is 1. The Morgan fingerprint density at radius 3 is 2.95 bits per heavy atom. The molecule has 0 saturated heterocycles. The smallest absolute Gasteiger partial charge is 0.307 e. The maximum atomic E-state index is 10.9. The van der Waals surface area contributed by atoms with Gasteiger partial charge in [-0.15, -0.1) is 11.3 Å². The highest BCUT2D eigenvalue weighted by atomic mass is 32.1. The molecule has 0 saturated carbocycles. The Morgan fingerprint density at radius 2 is 2.14 bits per heavy atom. The lowest BCUT2D eigenvalue weighted by atomic mass is 10.1. The van der Waals surface area contributed by atoms with E-state index in [1.807, 2.05) is 13.0 Å². The number of benzene rings is 1. The Bertz CT molecular complexity index is 814. The molecule has 21 heavy (non-hydrogen) atoms. The van der Waals surface area contributed by atoms with Gasteiger partial charge in [-0.2, -0.15) is 0 Å². The van der Waals surface area contributed by atoms with Crippen LogP contribution in [0.5, 0.6) is 11.6 Å². The SMILES string of the molecule is Cc1cc2c(Oc3ccccc3CC(=O)O)ncnc2s1. The van der Waals surface area contributed by atoms with E-state index < -0.39 is 5.97 Å². The zero-order valence-corrected chi connectivity index (χ0v) is 12.1. The van der Waals surface area contributed by atoms with Gasteiger partial charge in [0.1, 0.15) is 16.9 Å². The molecule has 2 aromatic heterocycles. The maximum absolute atomic E-state index is 10.9. The first-order valence-corrected chi connectivity index (χ1v) is 7.14. The van der Waals surface area contributed by atoms with E-state index in [0.717, 1.165) is 15.1 Å². The molecular formula is C15H12N2O3S. The van der Waals surface area contributed by atoms with Gasteiger partial charge in [-0.25, -0.2) is 9.97 Å². The standard InChI is InChI=1S/C15H12N2O3S/c1-9-6-11-14(16-8-17-15(11)21-9)20-12-5-3-2-4-10(12)7-13(18)19/h2-6,8H,7H2,1H3,(H,18,19). The van der Waals surface area contributed by atoms with Gasteiger partial charge in [-0.3, -0.25) is 4.79 Å². The van der Waals surface area contributed by atoms with Gasteiger partial charge in [0.15, 0.2) is 0 Å². The molecule has 2 heterocycles. The Balaban J connectivity index is 2.01. The van der Waals surface area contributed by atoms with Crippen LogP contribution in [0.15, 0.2) is 36.7 Å². The number of fused-ring (bicyclic) bond motifs is 1. The molecule has 1 aromatic carbocycles. The summed E-state index contributed by atoms with van der Waals surface area (Å²) in [6.07, 6.45) is 1.36. The number of carboxylic acid groups (broad SMARTS) is 1. The number of para-hydroxylation sites is 1. The van der Waals surface area contributed by atoms with E-state index in [1.54, 1.807) is 35.6 Å². The van der Waals surface area contributed by atoms with E-state index in [2.05, 4.69) is 9.97 Å². The Kier molecular flexibility index (Phi) is 3.53. The first-order valence-electron chi connectivity index (χ1n) is 6.32. The topological polar surface area (TPSA) is 72.3 Å². The van der Waals surface area contributed by atoms with Crippen LogP contribution in [0, 0.1) is 6.92 Å². The van der Waals surface area contributed by atoms with Gasteiger partial charge in [0.05, 0.1) is 11.8 Å². The Labute approximate surface area is 124 Å². The zero-order valence-electron chi connectivity index (χ0n) is 11.2. The van der Waals surface area contributed by atoms with E-state index in [-0.39, 0.29) is 6.42 Å². The molecule has 0 aliphatic heterocycles. The van der Waals surface area contributed by atoms with E-state index in [1.165, 1.54) is 6.33 Å². The van der Waals surface area contributed by atoms with E-state index in [4.69, 9.17) is 9.84 Å². The van der Waals surface area contributed by atoms with Crippen molar-refractivity contribution in [2.24, 2.45) is 0 Å². The summed E-state index contributed by atoms with van der Waals surface area (Å²) in [6, 6.07) is 9.04. The molecule has 0 aliphatic carbocycles. The molecule has 0 unspecified atom stereocenters. The van der Waals surface area contributed by atoms with Crippen LogP contribution in [-0.2, 0) is 11.2 Å². The van der Waals surface area contributed by atoms with Gasteiger partial charge in [-0.05, 0) is 19.1 Å². The average molecular weight is 300 g/mol. The van der Waals surface area contributed by atoms with Gasteiger partial charge in [0.25, 0.3) is 0 Å². The minimum atomic E-state index is -0.898. The minimum absolute atomic E-state index is 0.0902. The van der Waals surface area contributed by atoms with Crippen LogP contribution >= 0.6 is 11.3 Å². The maximum Gasteiger partial charge on any atom is 0.307 e. The predicted octanol–water partition coefficient (Wildman–Crippen LogP) is 3.42. The fourth-order valence-electron chi connectivity index (χ4n) is 2.05. The monoisotopic (exact) mass is 300 g/mol. The van der Waals surface area contributed by atoms with Crippen molar-refractivity contribution >= 4 is 27.5 Å². The first kappa shape index (κ1) is 13.5. The summed E-state index contributed by atoms with van der Waals surface area (Å²) in [5.74, 6) is 0.0520. The first-order chi connectivity index (χ1) is 10.1. The fraction of sp³-hybridized carbons (Fsp3) is 0.133. The van der Waals surface area contributed by atoms with Crippen LogP contribution in [0.1, 0.15) is 10.4 Å². The van der Waals surface area contributed by atoms with Crippen LogP contribution in [0.2, 0.25) is 0 Å². The van der Waals surface area contributed by atoms with Crippen LogP contribution in [-0.4, -0.2) is 21.0 Å². The van der Waals surface area contributed by atoms with Crippen molar-refractivity contribution in [1.82, 2.24) is 9.97 Å². The average Bonchev–Trinajstić information content (AvgIpc) is 2.82. The number of carboxylic acids is 1. The lowest BCUT2D eigenvalue weighted by Gasteiger charge is -2.09. The van der Waals surface area contributed by atoms with Crippen LogP contribution in [0.4, 0.5) is 0 Å². The molecule has 1 N–H and O–H groups in total. The summed E-state index contributed by atoms with van der Waals surface area (Å²) in [6.45, 7) is 1.99. The quantitative estimate of drug-likeness (QED) is 0.799. The highest BCUT2D eigenvalue weighted by Gasteiger charge is 2.12. The minimum Gasteiger partial charge on any atom is -0.481 e. The van der Waals surface area contributed by atoms with Gasteiger partial charge in [0, 0.05) is 10.4 Å². The molecule has 5 nitrogen and oxygen atoms in total. The second kappa shape index (κ2) is 5.49.